The van der Waals surface area contributed by atoms with Crippen LogP contribution in [0.25, 0.3) is 0 Å². The number of rotatable bonds is 3. The molecule has 2 rings (SSSR count). The molecule has 3 heteroatoms. The summed E-state index contributed by atoms with van der Waals surface area (Å²) in [6.45, 7) is 0.873. The zero-order chi connectivity index (χ0) is 9.10. The Labute approximate surface area is 85.0 Å². The van der Waals surface area contributed by atoms with Gasteiger partial charge < -0.3 is 11.1 Å². The van der Waals surface area contributed by atoms with Gasteiger partial charge >= 0.3 is 0 Å². The topological polar surface area (TPSA) is 38.0 Å². The first-order valence-corrected chi connectivity index (χ1v) is 6.59. The Bertz CT molecular complexity index is 157. The number of hydrogen-bond donors (Lipinski definition) is 2. The summed E-state index contributed by atoms with van der Waals surface area (Å²) in [4.78, 5) is 0. The van der Waals surface area contributed by atoms with E-state index >= 15 is 0 Å². The first kappa shape index (κ1) is 9.81. The van der Waals surface area contributed by atoms with Crippen molar-refractivity contribution in [2.75, 3.05) is 18.1 Å². The highest BCUT2D eigenvalue weighted by molar-refractivity contribution is 7.99. The molecule has 0 bridgehead atoms. The predicted octanol–water partition coefficient (Wildman–Crippen LogP) is 1.21. The fourth-order valence-electron chi connectivity index (χ4n) is 2.51. The molecule has 0 aromatic carbocycles. The van der Waals surface area contributed by atoms with E-state index in [1.807, 2.05) is 0 Å². The van der Waals surface area contributed by atoms with Crippen LogP contribution < -0.4 is 11.1 Å². The second-order valence-electron chi connectivity index (χ2n) is 4.26. The molecule has 76 valence electrons. The molecule has 0 aromatic rings. The second-order valence-corrected chi connectivity index (χ2v) is 5.41. The van der Waals surface area contributed by atoms with Crippen LogP contribution in [0.2, 0.25) is 0 Å². The number of hydrogen-bond acceptors (Lipinski definition) is 3. The average molecular weight is 200 g/mol. The van der Waals surface area contributed by atoms with Gasteiger partial charge in [0.05, 0.1) is 0 Å². The minimum absolute atomic E-state index is 0.730. The molecule has 1 heterocycles. The van der Waals surface area contributed by atoms with E-state index in [0.29, 0.717) is 0 Å². The van der Waals surface area contributed by atoms with Gasteiger partial charge in [-0.15, -0.1) is 0 Å². The molecule has 1 aliphatic carbocycles. The largest absolute Gasteiger partial charge is 0.330 e. The van der Waals surface area contributed by atoms with E-state index in [4.69, 9.17) is 5.73 Å². The maximum absolute atomic E-state index is 5.75. The Morgan fingerprint density at radius 1 is 1.31 bits per heavy atom. The summed E-state index contributed by atoms with van der Waals surface area (Å²) in [6.07, 6.45) is 5.43. The molecule has 13 heavy (non-hydrogen) atoms. The van der Waals surface area contributed by atoms with E-state index in [2.05, 4.69) is 17.1 Å². The Hall–Kier alpha value is 0.270. The van der Waals surface area contributed by atoms with Crippen LogP contribution in [0, 0.1) is 5.92 Å². The van der Waals surface area contributed by atoms with Crippen LogP contribution in [0.5, 0.6) is 0 Å². The van der Waals surface area contributed by atoms with E-state index in [1.54, 1.807) is 0 Å². The quantitative estimate of drug-likeness (QED) is 0.719. The van der Waals surface area contributed by atoms with Gasteiger partial charge in [-0.1, -0.05) is 6.42 Å². The van der Waals surface area contributed by atoms with Crippen molar-refractivity contribution >= 4 is 11.8 Å². The van der Waals surface area contributed by atoms with Crippen molar-refractivity contribution in [2.45, 2.75) is 37.8 Å². The van der Waals surface area contributed by atoms with Crippen LogP contribution in [0.15, 0.2) is 0 Å². The second kappa shape index (κ2) is 4.67. The molecule has 2 fully saturated rings. The summed E-state index contributed by atoms with van der Waals surface area (Å²) in [5, 5.41) is 3.78. The van der Waals surface area contributed by atoms with Gasteiger partial charge in [0.25, 0.3) is 0 Å². The molecule has 1 aliphatic heterocycles. The third kappa shape index (κ3) is 2.39. The summed E-state index contributed by atoms with van der Waals surface area (Å²) in [5.74, 6) is 3.41. The summed E-state index contributed by atoms with van der Waals surface area (Å²) in [5.41, 5.74) is 5.75. The third-order valence-corrected chi connectivity index (χ3v) is 4.50. The molecule has 2 aliphatic rings. The lowest BCUT2D eigenvalue weighted by Crippen LogP contribution is -2.42. The molecule has 2 nitrogen and oxygen atoms in total. The molecule has 3 atom stereocenters. The fraction of sp³-hybridized carbons (Fsp3) is 1.00. The molecule has 0 aromatic heterocycles. The van der Waals surface area contributed by atoms with Crippen molar-refractivity contribution < 1.29 is 0 Å². The average Bonchev–Trinajstić information content (AvgIpc) is 2.76. The van der Waals surface area contributed by atoms with E-state index in [0.717, 1.165) is 24.5 Å². The maximum Gasteiger partial charge on any atom is 0.0168 e. The maximum atomic E-state index is 5.75. The normalized spacial score (nSPS) is 39.9. The van der Waals surface area contributed by atoms with E-state index in [9.17, 15) is 0 Å². The molecule has 0 radical (unpaired) electrons. The van der Waals surface area contributed by atoms with Gasteiger partial charge in [0.15, 0.2) is 0 Å². The third-order valence-electron chi connectivity index (χ3n) is 3.34. The van der Waals surface area contributed by atoms with Crippen LogP contribution in [-0.2, 0) is 0 Å². The fourth-order valence-corrected chi connectivity index (χ4v) is 3.67. The van der Waals surface area contributed by atoms with Crippen molar-refractivity contribution in [3.8, 4) is 0 Å². The van der Waals surface area contributed by atoms with Crippen LogP contribution in [0.1, 0.15) is 25.7 Å². The van der Waals surface area contributed by atoms with Gasteiger partial charge in [-0.3, -0.25) is 0 Å². The predicted molar refractivity (Wildman–Crippen MR) is 59.0 cm³/mol. The van der Waals surface area contributed by atoms with Gasteiger partial charge in [0, 0.05) is 17.8 Å². The number of thioether (sulfide) groups is 1. The van der Waals surface area contributed by atoms with Gasteiger partial charge in [-0.2, -0.15) is 11.8 Å². The lowest BCUT2D eigenvalue weighted by atomic mass is 10.0. The first-order valence-electron chi connectivity index (χ1n) is 5.44. The Morgan fingerprint density at radius 3 is 2.92 bits per heavy atom. The summed E-state index contributed by atoms with van der Waals surface area (Å²) in [6, 6.07) is 1.51. The van der Waals surface area contributed by atoms with Gasteiger partial charge in [0.2, 0.25) is 0 Å². The van der Waals surface area contributed by atoms with Crippen LogP contribution in [0.3, 0.4) is 0 Å². The van der Waals surface area contributed by atoms with Gasteiger partial charge in [0.1, 0.15) is 0 Å². The SMILES string of the molecule is NCC1CCCC1NC1CCSC1. The molecule has 3 N–H and O–H groups in total. The van der Waals surface area contributed by atoms with Crippen LogP contribution in [-0.4, -0.2) is 30.1 Å². The molecule has 1 saturated carbocycles. The van der Waals surface area contributed by atoms with E-state index < -0.39 is 0 Å². The monoisotopic (exact) mass is 200 g/mol. The van der Waals surface area contributed by atoms with Gasteiger partial charge in [-0.05, 0) is 37.5 Å². The summed E-state index contributed by atoms with van der Waals surface area (Å²) >= 11 is 2.08. The van der Waals surface area contributed by atoms with Crippen molar-refractivity contribution in [3.63, 3.8) is 0 Å². The molecule has 0 amide bonds. The van der Waals surface area contributed by atoms with Crippen LogP contribution >= 0.6 is 11.8 Å². The lowest BCUT2D eigenvalue weighted by Gasteiger charge is -2.23. The standard InChI is InChI=1S/C10H20N2S/c11-6-8-2-1-3-10(8)12-9-4-5-13-7-9/h8-10,12H,1-7,11H2. The first-order chi connectivity index (χ1) is 6.40. The van der Waals surface area contributed by atoms with Crippen molar-refractivity contribution in [1.82, 2.24) is 5.32 Å². The zero-order valence-corrected chi connectivity index (χ0v) is 8.98. The summed E-state index contributed by atoms with van der Waals surface area (Å²) in [7, 11) is 0. The Kier molecular flexibility index (Phi) is 3.52. The Balaban J connectivity index is 1.79. The lowest BCUT2D eigenvalue weighted by molar-refractivity contribution is 0.372. The number of nitrogens with one attached hydrogen (secondary N) is 1. The van der Waals surface area contributed by atoms with Crippen LogP contribution in [0.4, 0.5) is 0 Å². The van der Waals surface area contributed by atoms with Crippen molar-refractivity contribution in [3.05, 3.63) is 0 Å². The highest BCUT2D eigenvalue weighted by Gasteiger charge is 2.28. The number of nitrogens with two attached hydrogens (primary N) is 1. The molecular formula is C10H20N2S. The smallest absolute Gasteiger partial charge is 0.0168 e. The van der Waals surface area contributed by atoms with E-state index in [-0.39, 0.29) is 0 Å². The molecule has 3 unspecified atom stereocenters. The molecular weight excluding hydrogens is 180 g/mol. The zero-order valence-electron chi connectivity index (χ0n) is 8.17. The molecule has 0 spiro atoms. The van der Waals surface area contributed by atoms with Crippen molar-refractivity contribution in [2.24, 2.45) is 11.7 Å². The highest BCUT2D eigenvalue weighted by atomic mass is 32.2. The van der Waals surface area contributed by atoms with Crippen molar-refractivity contribution in [1.29, 1.82) is 0 Å². The molecule has 1 saturated heterocycles. The summed E-state index contributed by atoms with van der Waals surface area (Å²) < 4.78 is 0. The highest BCUT2D eigenvalue weighted by Crippen LogP contribution is 2.27. The minimum atomic E-state index is 0.730. The Morgan fingerprint density at radius 2 is 2.23 bits per heavy atom. The van der Waals surface area contributed by atoms with Gasteiger partial charge in [-0.25, -0.2) is 0 Å². The minimum Gasteiger partial charge on any atom is -0.330 e. The van der Waals surface area contributed by atoms with E-state index in [1.165, 1.54) is 37.2 Å².